The van der Waals surface area contributed by atoms with Gasteiger partial charge in [-0.1, -0.05) is 31.0 Å². The van der Waals surface area contributed by atoms with Crippen LogP contribution in [0.4, 0.5) is 5.95 Å². The van der Waals surface area contributed by atoms with Crippen LogP contribution in [0.5, 0.6) is 11.5 Å². The Hall–Kier alpha value is -3.41. The summed E-state index contributed by atoms with van der Waals surface area (Å²) in [4.78, 5) is 13.6. The number of nitrogens with zero attached hydrogens (tertiary/aromatic N) is 4. The van der Waals surface area contributed by atoms with Gasteiger partial charge in [0, 0.05) is 11.5 Å². The van der Waals surface area contributed by atoms with Crippen LogP contribution in [0.25, 0.3) is 17.0 Å². The summed E-state index contributed by atoms with van der Waals surface area (Å²) in [6, 6.07) is 17.6. The van der Waals surface area contributed by atoms with E-state index in [0.717, 1.165) is 47.1 Å². The number of ether oxygens (including phenoxy) is 1. The third-order valence-electron chi connectivity index (χ3n) is 5.31. The average Bonchev–Trinajstić information content (AvgIpc) is 3.38. The zero-order valence-corrected chi connectivity index (χ0v) is 15.5. The Kier molecular flexibility index (Phi) is 4.16. The smallest absolute Gasteiger partial charge is 0.209 e. The van der Waals surface area contributed by atoms with E-state index in [-0.39, 0.29) is 0 Å². The van der Waals surface area contributed by atoms with E-state index in [1.807, 2.05) is 59.0 Å². The summed E-state index contributed by atoms with van der Waals surface area (Å²) in [6.07, 6.45) is 6.31. The van der Waals surface area contributed by atoms with E-state index in [0.29, 0.717) is 11.9 Å². The standard InChI is InChI=1S/C22H21N5O/c23-22-25-14-24-21-19(15-6-4-5-7-15)26-20(27(21)22)16-10-12-18(13-11-16)28-17-8-2-1-3-9-17/h1-3,8-15H,4-7H2,(H2,23,24,25). The number of nitrogen functional groups attached to an aromatic ring is 1. The first kappa shape index (κ1) is 16.7. The summed E-state index contributed by atoms with van der Waals surface area (Å²) in [6.45, 7) is 0. The van der Waals surface area contributed by atoms with Crippen molar-refractivity contribution in [3.8, 4) is 22.9 Å². The fourth-order valence-electron chi connectivity index (χ4n) is 3.93. The van der Waals surface area contributed by atoms with Gasteiger partial charge in [-0.15, -0.1) is 0 Å². The van der Waals surface area contributed by atoms with Gasteiger partial charge in [-0.25, -0.2) is 19.4 Å². The van der Waals surface area contributed by atoms with E-state index < -0.39 is 0 Å². The molecule has 0 atom stereocenters. The van der Waals surface area contributed by atoms with Gasteiger partial charge in [0.15, 0.2) is 5.65 Å². The Morgan fingerprint density at radius 1 is 0.893 bits per heavy atom. The molecule has 2 aromatic heterocycles. The zero-order chi connectivity index (χ0) is 18.9. The lowest BCUT2D eigenvalue weighted by atomic mass is 10.0. The number of hydrogen-bond donors (Lipinski definition) is 1. The van der Waals surface area contributed by atoms with Gasteiger partial charge in [-0.2, -0.15) is 0 Å². The third kappa shape index (κ3) is 2.97. The van der Waals surface area contributed by atoms with Crippen LogP contribution < -0.4 is 10.5 Å². The quantitative estimate of drug-likeness (QED) is 0.556. The van der Waals surface area contributed by atoms with E-state index >= 15 is 0 Å². The van der Waals surface area contributed by atoms with Crippen LogP contribution in [0.2, 0.25) is 0 Å². The fraction of sp³-hybridized carbons (Fsp3) is 0.227. The molecular weight excluding hydrogens is 350 g/mol. The molecular formula is C22H21N5O. The maximum absolute atomic E-state index is 6.19. The molecule has 0 saturated heterocycles. The van der Waals surface area contributed by atoms with Gasteiger partial charge in [0.2, 0.25) is 5.95 Å². The number of para-hydroxylation sites is 1. The number of imidazole rings is 1. The molecule has 140 valence electrons. The molecule has 5 rings (SSSR count). The summed E-state index contributed by atoms with van der Waals surface area (Å²) < 4.78 is 7.75. The van der Waals surface area contributed by atoms with Crippen LogP contribution in [0.15, 0.2) is 60.9 Å². The van der Waals surface area contributed by atoms with Crippen LogP contribution >= 0.6 is 0 Å². The van der Waals surface area contributed by atoms with Crippen LogP contribution in [0, 0.1) is 0 Å². The monoisotopic (exact) mass is 371 g/mol. The second-order valence-corrected chi connectivity index (χ2v) is 7.13. The van der Waals surface area contributed by atoms with Gasteiger partial charge in [-0.05, 0) is 49.2 Å². The molecule has 1 saturated carbocycles. The molecule has 28 heavy (non-hydrogen) atoms. The van der Waals surface area contributed by atoms with Crippen molar-refractivity contribution in [1.82, 2.24) is 19.4 Å². The predicted octanol–water partition coefficient (Wildman–Crippen LogP) is 4.82. The Balaban J connectivity index is 1.53. The number of hydrogen-bond acceptors (Lipinski definition) is 5. The minimum Gasteiger partial charge on any atom is -0.457 e. The number of benzene rings is 2. The van der Waals surface area contributed by atoms with E-state index in [4.69, 9.17) is 15.5 Å². The summed E-state index contributed by atoms with van der Waals surface area (Å²) >= 11 is 0. The number of fused-ring (bicyclic) bond motifs is 1. The van der Waals surface area contributed by atoms with Crippen molar-refractivity contribution in [1.29, 1.82) is 0 Å². The molecule has 0 radical (unpaired) electrons. The van der Waals surface area contributed by atoms with E-state index in [1.165, 1.54) is 19.2 Å². The van der Waals surface area contributed by atoms with Crippen LogP contribution in [0.3, 0.4) is 0 Å². The highest BCUT2D eigenvalue weighted by molar-refractivity contribution is 5.66. The first-order valence-electron chi connectivity index (χ1n) is 9.62. The van der Waals surface area contributed by atoms with Crippen LogP contribution in [-0.2, 0) is 0 Å². The Bertz CT molecular complexity index is 1100. The minimum absolute atomic E-state index is 0.404. The molecule has 0 amide bonds. The van der Waals surface area contributed by atoms with Crippen molar-refractivity contribution < 1.29 is 4.74 Å². The van der Waals surface area contributed by atoms with Crippen LogP contribution in [0.1, 0.15) is 37.3 Å². The highest BCUT2D eigenvalue weighted by Gasteiger charge is 2.25. The normalized spacial score (nSPS) is 14.6. The number of anilines is 1. The lowest BCUT2D eigenvalue weighted by Gasteiger charge is -2.07. The third-order valence-corrected chi connectivity index (χ3v) is 5.31. The van der Waals surface area contributed by atoms with Crippen molar-refractivity contribution in [3.05, 3.63) is 66.6 Å². The van der Waals surface area contributed by atoms with Crippen molar-refractivity contribution in [2.45, 2.75) is 31.6 Å². The second kappa shape index (κ2) is 6.96. The molecule has 0 bridgehead atoms. The summed E-state index contributed by atoms with van der Waals surface area (Å²) in [5, 5.41) is 0. The van der Waals surface area contributed by atoms with Gasteiger partial charge < -0.3 is 10.5 Å². The molecule has 2 aromatic carbocycles. The Morgan fingerprint density at radius 3 is 2.36 bits per heavy atom. The Morgan fingerprint density at radius 2 is 1.61 bits per heavy atom. The van der Waals surface area contributed by atoms with E-state index in [9.17, 15) is 0 Å². The second-order valence-electron chi connectivity index (χ2n) is 7.13. The van der Waals surface area contributed by atoms with E-state index in [1.54, 1.807) is 0 Å². The zero-order valence-electron chi connectivity index (χ0n) is 15.5. The topological polar surface area (TPSA) is 78.3 Å². The summed E-state index contributed by atoms with van der Waals surface area (Å²) in [7, 11) is 0. The lowest BCUT2D eigenvalue weighted by Crippen LogP contribution is -2.03. The molecule has 2 heterocycles. The van der Waals surface area contributed by atoms with Gasteiger partial charge in [0.05, 0.1) is 5.69 Å². The highest BCUT2D eigenvalue weighted by atomic mass is 16.5. The van der Waals surface area contributed by atoms with Gasteiger partial charge in [0.25, 0.3) is 0 Å². The number of nitrogens with two attached hydrogens (primary N) is 1. The van der Waals surface area contributed by atoms with Crippen LogP contribution in [-0.4, -0.2) is 19.4 Å². The number of aromatic nitrogens is 4. The summed E-state index contributed by atoms with van der Waals surface area (Å²) in [5.74, 6) is 3.21. The predicted molar refractivity (Wildman–Crippen MR) is 108 cm³/mol. The molecule has 1 fully saturated rings. The highest BCUT2D eigenvalue weighted by Crippen LogP contribution is 2.37. The van der Waals surface area contributed by atoms with Gasteiger partial charge >= 0.3 is 0 Å². The SMILES string of the molecule is Nc1ncnc2c(C3CCCC3)nc(-c3ccc(Oc4ccccc4)cc3)n12. The van der Waals surface area contributed by atoms with Crippen molar-refractivity contribution in [2.24, 2.45) is 0 Å². The van der Waals surface area contributed by atoms with E-state index in [2.05, 4.69) is 9.97 Å². The van der Waals surface area contributed by atoms with Crippen molar-refractivity contribution in [3.63, 3.8) is 0 Å². The molecule has 1 aliphatic carbocycles. The van der Waals surface area contributed by atoms with Gasteiger partial charge in [0.1, 0.15) is 23.7 Å². The first-order valence-corrected chi connectivity index (χ1v) is 9.62. The minimum atomic E-state index is 0.404. The molecule has 0 unspecified atom stereocenters. The lowest BCUT2D eigenvalue weighted by molar-refractivity contribution is 0.483. The molecule has 1 aliphatic rings. The first-order chi connectivity index (χ1) is 13.8. The largest absolute Gasteiger partial charge is 0.457 e. The fourth-order valence-corrected chi connectivity index (χ4v) is 3.93. The molecule has 0 spiro atoms. The molecule has 2 N–H and O–H groups in total. The van der Waals surface area contributed by atoms with Gasteiger partial charge in [-0.3, -0.25) is 0 Å². The average molecular weight is 371 g/mol. The molecule has 0 aliphatic heterocycles. The molecule has 6 nitrogen and oxygen atoms in total. The molecule has 4 aromatic rings. The summed E-state index contributed by atoms with van der Waals surface area (Å²) in [5.41, 5.74) is 9.00. The Labute approximate surface area is 163 Å². The molecule has 6 heteroatoms. The van der Waals surface area contributed by atoms with Crippen molar-refractivity contribution in [2.75, 3.05) is 5.73 Å². The van der Waals surface area contributed by atoms with Crippen molar-refractivity contribution >= 4 is 11.6 Å². The maximum atomic E-state index is 6.19. The maximum Gasteiger partial charge on any atom is 0.209 e. The number of rotatable bonds is 4.